The zero-order valence-electron chi connectivity index (χ0n) is 13.8. The molecule has 0 bridgehead atoms. The SMILES string of the molecule is CCN(CC)[C@H](CNS(=O)(=O)c1ccc(C#N)cc1)c1ccco1. The quantitative estimate of drug-likeness (QED) is 0.793. The Labute approximate surface area is 142 Å². The standard InChI is InChI=1S/C17H21N3O3S/c1-3-20(4-2)16(17-6-5-11-23-17)13-19-24(21,22)15-9-7-14(12-18)8-10-15/h5-11,16,19H,3-4,13H2,1-2H3/t16-/m1/s1. The van der Waals surface area contributed by atoms with Gasteiger partial charge in [-0.2, -0.15) is 5.26 Å². The third-order valence-corrected chi connectivity index (χ3v) is 5.32. The molecule has 0 amide bonds. The van der Waals surface area contributed by atoms with Gasteiger partial charge in [0.25, 0.3) is 0 Å². The van der Waals surface area contributed by atoms with Crippen LogP contribution >= 0.6 is 0 Å². The first-order chi connectivity index (χ1) is 11.5. The van der Waals surface area contributed by atoms with Crippen molar-refractivity contribution in [2.24, 2.45) is 0 Å². The molecule has 0 unspecified atom stereocenters. The van der Waals surface area contributed by atoms with E-state index < -0.39 is 10.0 Å². The monoisotopic (exact) mass is 347 g/mol. The third kappa shape index (κ3) is 4.23. The van der Waals surface area contributed by atoms with Crippen molar-refractivity contribution in [3.63, 3.8) is 0 Å². The molecule has 0 aliphatic carbocycles. The zero-order chi connectivity index (χ0) is 17.6. The number of nitriles is 1. The van der Waals surface area contributed by atoms with E-state index >= 15 is 0 Å². The van der Waals surface area contributed by atoms with Crippen molar-refractivity contribution in [1.82, 2.24) is 9.62 Å². The van der Waals surface area contributed by atoms with Crippen LogP contribution < -0.4 is 4.72 Å². The number of furan rings is 1. The summed E-state index contributed by atoms with van der Waals surface area (Å²) in [6, 6.07) is 11.3. The van der Waals surface area contributed by atoms with E-state index in [-0.39, 0.29) is 17.5 Å². The van der Waals surface area contributed by atoms with Crippen molar-refractivity contribution in [3.8, 4) is 6.07 Å². The maximum atomic E-state index is 12.5. The predicted molar refractivity (Wildman–Crippen MR) is 90.7 cm³/mol. The van der Waals surface area contributed by atoms with Gasteiger partial charge in [0.1, 0.15) is 5.76 Å². The Morgan fingerprint density at radius 3 is 2.38 bits per heavy atom. The van der Waals surface area contributed by atoms with Gasteiger partial charge in [-0.3, -0.25) is 4.90 Å². The summed E-state index contributed by atoms with van der Waals surface area (Å²) < 4.78 is 33.0. The Kier molecular flexibility index (Phi) is 6.15. The summed E-state index contributed by atoms with van der Waals surface area (Å²) >= 11 is 0. The minimum absolute atomic E-state index is 0.138. The van der Waals surface area contributed by atoms with Crippen LogP contribution in [-0.2, 0) is 10.0 Å². The lowest BCUT2D eigenvalue weighted by atomic mass is 10.2. The maximum absolute atomic E-state index is 12.5. The second-order valence-corrected chi connectivity index (χ2v) is 7.01. The lowest BCUT2D eigenvalue weighted by Crippen LogP contribution is -2.37. The minimum Gasteiger partial charge on any atom is -0.468 e. The van der Waals surface area contributed by atoms with Gasteiger partial charge in [0.15, 0.2) is 0 Å². The second kappa shape index (κ2) is 8.11. The number of likely N-dealkylation sites (N-methyl/N-ethyl adjacent to an activating group) is 1. The molecule has 0 saturated heterocycles. The molecule has 1 aromatic carbocycles. The number of nitrogens with zero attached hydrogens (tertiary/aromatic N) is 2. The van der Waals surface area contributed by atoms with Gasteiger partial charge in [0.05, 0.1) is 28.8 Å². The molecule has 0 saturated carbocycles. The largest absolute Gasteiger partial charge is 0.468 e. The summed E-state index contributed by atoms with van der Waals surface area (Å²) in [5, 5.41) is 8.80. The molecule has 2 aromatic rings. The van der Waals surface area contributed by atoms with Gasteiger partial charge in [0, 0.05) is 6.54 Å². The van der Waals surface area contributed by atoms with Crippen molar-refractivity contribution in [3.05, 3.63) is 54.0 Å². The van der Waals surface area contributed by atoms with Crippen LogP contribution in [0.15, 0.2) is 52.0 Å². The van der Waals surface area contributed by atoms with Crippen LogP contribution in [0.2, 0.25) is 0 Å². The van der Waals surface area contributed by atoms with Crippen LogP contribution in [0, 0.1) is 11.3 Å². The molecule has 2 rings (SSSR count). The molecule has 7 heteroatoms. The van der Waals surface area contributed by atoms with Crippen LogP contribution in [-0.4, -0.2) is 33.0 Å². The van der Waals surface area contributed by atoms with Crippen molar-refractivity contribution in [1.29, 1.82) is 5.26 Å². The van der Waals surface area contributed by atoms with Crippen LogP contribution in [0.4, 0.5) is 0 Å². The fourth-order valence-corrected chi connectivity index (χ4v) is 3.57. The molecule has 1 heterocycles. The maximum Gasteiger partial charge on any atom is 0.240 e. The van der Waals surface area contributed by atoms with Crippen LogP contribution in [0.25, 0.3) is 0 Å². The van der Waals surface area contributed by atoms with E-state index in [9.17, 15) is 8.42 Å². The van der Waals surface area contributed by atoms with E-state index in [1.54, 1.807) is 12.3 Å². The Hall–Kier alpha value is -2.14. The predicted octanol–water partition coefficient (Wildman–Crippen LogP) is 2.51. The first kappa shape index (κ1) is 18.2. The number of nitrogens with one attached hydrogen (secondary N) is 1. The van der Waals surface area contributed by atoms with Crippen LogP contribution in [0.5, 0.6) is 0 Å². The highest BCUT2D eigenvalue weighted by Crippen LogP contribution is 2.21. The Bertz CT molecular complexity index is 773. The molecule has 6 nitrogen and oxygen atoms in total. The molecular formula is C17H21N3O3S. The van der Waals surface area contributed by atoms with Gasteiger partial charge < -0.3 is 4.42 Å². The molecule has 128 valence electrons. The van der Waals surface area contributed by atoms with E-state index in [1.807, 2.05) is 26.0 Å². The number of sulfonamides is 1. The van der Waals surface area contributed by atoms with Gasteiger partial charge in [0.2, 0.25) is 10.0 Å². The van der Waals surface area contributed by atoms with Gasteiger partial charge in [-0.25, -0.2) is 13.1 Å². The second-order valence-electron chi connectivity index (χ2n) is 5.24. The third-order valence-electron chi connectivity index (χ3n) is 3.89. The number of benzene rings is 1. The molecule has 0 aliphatic rings. The summed E-state index contributed by atoms with van der Waals surface area (Å²) in [6.45, 7) is 5.81. The van der Waals surface area contributed by atoms with Crippen molar-refractivity contribution < 1.29 is 12.8 Å². The number of rotatable bonds is 8. The highest BCUT2D eigenvalue weighted by atomic mass is 32.2. The average molecular weight is 347 g/mol. The van der Waals surface area contributed by atoms with Gasteiger partial charge in [-0.15, -0.1) is 0 Å². The van der Waals surface area contributed by atoms with Crippen LogP contribution in [0.3, 0.4) is 0 Å². The van der Waals surface area contributed by atoms with Crippen LogP contribution in [0.1, 0.15) is 31.2 Å². The summed E-state index contributed by atoms with van der Waals surface area (Å²) in [4.78, 5) is 2.26. The smallest absolute Gasteiger partial charge is 0.240 e. The normalized spacial score (nSPS) is 12.9. The summed E-state index contributed by atoms with van der Waals surface area (Å²) in [7, 11) is -3.65. The fourth-order valence-electron chi connectivity index (χ4n) is 2.54. The summed E-state index contributed by atoms with van der Waals surface area (Å²) in [6.07, 6.45) is 1.58. The Morgan fingerprint density at radius 2 is 1.88 bits per heavy atom. The molecule has 1 N–H and O–H groups in total. The lowest BCUT2D eigenvalue weighted by Gasteiger charge is -2.28. The van der Waals surface area contributed by atoms with Gasteiger partial charge in [-0.1, -0.05) is 13.8 Å². The van der Waals surface area contributed by atoms with Gasteiger partial charge >= 0.3 is 0 Å². The minimum atomic E-state index is -3.65. The van der Waals surface area contributed by atoms with E-state index in [1.165, 1.54) is 24.3 Å². The van der Waals surface area contributed by atoms with E-state index in [0.29, 0.717) is 5.56 Å². The molecular weight excluding hydrogens is 326 g/mol. The fraction of sp³-hybridized carbons (Fsp3) is 0.353. The molecule has 0 radical (unpaired) electrons. The van der Waals surface area contributed by atoms with Gasteiger partial charge in [-0.05, 0) is 49.5 Å². The Morgan fingerprint density at radius 1 is 1.21 bits per heavy atom. The first-order valence-corrected chi connectivity index (χ1v) is 9.27. The van der Waals surface area contributed by atoms with Crippen molar-refractivity contribution in [2.45, 2.75) is 24.8 Å². The van der Waals surface area contributed by atoms with E-state index in [0.717, 1.165) is 18.8 Å². The number of hydrogen-bond donors (Lipinski definition) is 1. The number of hydrogen-bond acceptors (Lipinski definition) is 5. The van der Waals surface area contributed by atoms with Crippen molar-refractivity contribution in [2.75, 3.05) is 19.6 Å². The topological polar surface area (TPSA) is 86.3 Å². The summed E-state index contributed by atoms with van der Waals surface area (Å²) in [5.74, 6) is 0.723. The first-order valence-electron chi connectivity index (χ1n) is 7.79. The lowest BCUT2D eigenvalue weighted by molar-refractivity contribution is 0.194. The molecule has 24 heavy (non-hydrogen) atoms. The average Bonchev–Trinajstić information content (AvgIpc) is 3.13. The highest BCUT2D eigenvalue weighted by molar-refractivity contribution is 7.89. The molecule has 1 atom stereocenters. The summed E-state index contributed by atoms with van der Waals surface area (Å²) in [5.41, 5.74) is 0.422. The molecule has 0 fully saturated rings. The molecule has 0 aliphatic heterocycles. The Balaban J connectivity index is 2.16. The molecule has 1 aromatic heterocycles. The van der Waals surface area contributed by atoms with E-state index in [2.05, 4.69) is 9.62 Å². The highest BCUT2D eigenvalue weighted by Gasteiger charge is 2.23. The van der Waals surface area contributed by atoms with Crippen molar-refractivity contribution >= 4 is 10.0 Å². The zero-order valence-corrected chi connectivity index (χ0v) is 14.6. The van der Waals surface area contributed by atoms with E-state index in [4.69, 9.17) is 9.68 Å². The molecule has 0 spiro atoms.